The summed E-state index contributed by atoms with van der Waals surface area (Å²) in [5.74, 6) is -1.30. The Bertz CT molecular complexity index is 1640. The first-order valence-electron chi connectivity index (χ1n) is 10.6. The lowest BCUT2D eigenvalue weighted by molar-refractivity contribution is 0.102. The molecule has 0 saturated heterocycles. The predicted molar refractivity (Wildman–Crippen MR) is 132 cm³/mol. The predicted octanol–water partition coefficient (Wildman–Crippen LogP) is 4.65. The fourth-order valence-electron chi connectivity index (χ4n) is 3.65. The van der Waals surface area contributed by atoms with Gasteiger partial charge in [-0.2, -0.15) is 0 Å². The summed E-state index contributed by atoms with van der Waals surface area (Å²) in [6.45, 7) is 0. The summed E-state index contributed by atoms with van der Waals surface area (Å²) >= 11 is 0. The van der Waals surface area contributed by atoms with E-state index in [1.165, 1.54) is 30.3 Å². The van der Waals surface area contributed by atoms with Gasteiger partial charge in [-0.05, 0) is 88.2 Å². The highest BCUT2D eigenvalue weighted by atomic mass is 32.2. The average molecular weight is 504 g/mol. The number of benzene rings is 4. The monoisotopic (exact) mass is 504 g/mol. The molecular weight excluding hydrogens is 487 g/mol. The number of carbonyl (C=O) groups is 1. The Balaban J connectivity index is 1.38. The first-order valence-corrected chi connectivity index (χ1v) is 11.7. The summed E-state index contributed by atoms with van der Waals surface area (Å²) in [6.07, 6.45) is 0. The van der Waals surface area contributed by atoms with E-state index in [2.05, 4.69) is 15.6 Å². The number of carbonyl (C=O) groups excluding carboxylic acids is 1. The smallest absolute Gasteiger partial charge is 0.255 e. The average Bonchev–Trinajstić information content (AvgIpc) is 3.35. The number of nitrogens with one attached hydrogen (secondary N) is 1. The summed E-state index contributed by atoms with van der Waals surface area (Å²) in [6, 6.07) is 21.1. The van der Waals surface area contributed by atoms with Gasteiger partial charge in [-0.25, -0.2) is 21.7 Å². The number of nitrogens with zero attached hydrogens (tertiary/aromatic N) is 3. The van der Waals surface area contributed by atoms with Crippen LogP contribution in [-0.2, 0) is 10.9 Å². The number of phenolic OH excluding ortho intramolecular Hbond substituents is 1. The van der Waals surface area contributed by atoms with E-state index in [1.54, 1.807) is 30.3 Å². The van der Waals surface area contributed by atoms with Crippen molar-refractivity contribution in [3.63, 3.8) is 0 Å². The molecule has 0 radical (unpaired) electrons. The molecule has 1 amide bonds. The third-order valence-electron chi connectivity index (χ3n) is 5.43. The zero-order valence-corrected chi connectivity index (χ0v) is 19.2. The van der Waals surface area contributed by atoms with E-state index >= 15 is 0 Å². The molecule has 0 aliphatic carbocycles. The summed E-state index contributed by atoms with van der Waals surface area (Å²) in [5.41, 5.74) is 3.64. The number of hydrogen-bond donors (Lipinski definition) is 3. The van der Waals surface area contributed by atoms with Crippen molar-refractivity contribution >= 4 is 44.9 Å². The van der Waals surface area contributed by atoms with Crippen LogP contribution in [0.15, 0.2) is 89.6 Å². The molecule has 0 saturated carbocycles. The number of halogens is 1. The number of fused-ring (bicyclic) bond motifs is 1. The van der Waals surface area contributed by atoms with E-state index in [0.29, 0.717) is 16.6 Å². The maximum atomic E-state index is 13.3. The van der Waals surface area contributed by atoms with Crippen LogP contribution >= 0.6 is 0 Å². The minimum absolute atomic E-state index is 0.0939. The highest BCUT2D eigenvalue weighted by molar-refractivity contribution is 7.74. The molecule has 1 aromatic heterocycles. The molecule has 0 bridgehead atoms. The quantitative estimate of drug-likeness (QED) is 0.227. The van der Waals surface area contributed by atoms with Crippen LogP contribution < -0.4 is 9.62 Å². The Kier molecular flexibility index (Phi) is 6.05. The van der Waals surface area contributed by atoms with E-state index in [4.69, 9.17) is 4.63 Å². The number of anilines is 3. The molecule has 2 N–H and O–H groups in total. The first kappa shape index (κ1) is 23.0. The third kappa shape index (κ3) is 4.59. The number of phenols is 1. The second-order valence-electron chi connectivity index (χ2n) is 7.73. The van der Waals surface area contributed by atoms with Crippen LogP contribution in [0.5, 0.6) is 5.75 Å². The Morgan fingerprint density at radius 2 is 1.56 bits per heavy atom. The molecule has 0 atom stereocenters. The molecule has 0 fully saturated rings. The number of aromatic nitrogens is 2. The molecule has 0 spiro atoms. The van der Waals surface area contributed by atoms with Crippen LogP contribution in [0.2, 0.25) is 0 Å². The van der Waals surface area contributed by atoms with E-state index in [-0.39, 0.29) is 22.8 Å². The Hall–Kier alpha value is -4.77. The summed E-state index contributed by atoms with van der Waals surface area (Å²) in [4.78, 5) is 12.8. The number of rotatable bonds is 6. The molecule has 9 nitrogen and oxygen atoms in total. The second kappa shape index (κ2) is 9.47. The summed E-state index contributed by atoms with van der Waals surface area (Å²) < 4.78 is 42.8. The number of aromatic hydroxyl groups is 1. The molecule has 11 heteroatoms. The lowest BCUT2D eigenvalue weighted by Gasteiger charge is -2.20. The van der Waals surface area contributed by atoms with Crippen molar-refractivity contribution in [1.29, 1.82) is 0 Å². The van der Waals surface area contributed by atoms with Crippen LogP contribution in [0.4, 0.5) is 21.5 Å². The standard InChI is InChI=1S/C25H17FN4O5S/c26-18-6-9-20(10-7-18)30(36(33)34)23-14-19(8-12-24(23)31)27-25(32)16-3-1-15(2-4-16)17-5-11-21-22(13-17)29-35-28-21/h1-14,31,36H,(H,27,32). The van der Waals surface area contributed by atoms with Crippen molar-refractivity contribution in [3.05, 3.63) is 96.3 Å². The largest absolute Gasteiger partial charge is 0.506 e. The van der Waals surface area contributed by atoms with Gasteiger partial charge in [-0.1, -0.05) is 18.2 Å². The van der Waals surface area contributed by atoms with Crippen molar-refractivity contribution in [2.45, 2.75) is 0 Å². The normalized spacial score (nSPS) is 11.1. The Morgan fingerprint density at radius 3 is 2.28 bits per heavy atom. The maximum absolute atomic E-state index is 13.3. The molecule has 4 aromatic carbocycles. The molecule has 180 valence electrons. The van der Waals surface area contributed by atoms with Crippen LogP contribution in [-0.4, -0.2) is 29.7 Å². The van der Waals surface area contributed by atoms with Crippen LogP contribution in [0.3, 0.4) is 0 Å². The van der Waals surface area contributed by atoms with Gasteiger partial charge in [0, 0.05) is 11.3 Å². The summed E-state index contributed by atoms with van der Waals surface area (Å²) in [5, 5.41) is 20.6. The topological polar surface area (TPSA) is 126 Å². The SMILES string of the molecule is O=C(Nc1ccc(O)c(N(c2ccc(F)cc2)[SH](=O)=O)c1)c1ccc(-c2ccc3nonc3c2)cc1. The number of thiol groups is 1. The zero-order valence-electron chi connectivity index (χ0n) is 18.3. The van der Waals surface area contributed by atoms with E-state index < -0.39 is 22.6 Å². The molecule has 5 rings (SSSR count). The molecule has 5 aromatic rings. The van der Waals surface area contributed by atoms with E-state index in [0.717, 1.165) is 27.6 Å². The fourth-order valence-corrected chi connectivity index (χ4v) is 4.31. The van der Waals surface area contributed by atoms with Crippen LogP contribution in [0.25, 0.3) is 22.2 Å². The van der Waals surface area contributed by atoms with Gasteiger partial charge in [-0.15, -0.1) is 0 Å². The highest BCUT2D eigenvalue weighted by Gasteiger charge is 2.18. The molecule has 0 aliphatic rings. The second-order valence-corrected chi connectivity index (χ2v) is 8.60. The molecule has 1 heterocycles. The van der Waals surface area contributed by atoms with E-state index in [9.17, 15) is 22.7 Å². The minimum Gasteiger partial charge on any atom is -0.506 e. The first-order chi connectivity index (χ1) is 17.4. The molecule has 36 heavy (non-hydrogen) atoms. The van der Waals surface area contributed by atoms with Crippen molar-refractivity contribution < 1.29 is 27.3 Å². The van der Waals surface area contributed by atoms with Gasteiger partial charge < -0.3 is 10.4 Å². The Morgan fingerprint density at radius 1 is 0.861 bits per heavy atom. The molecule has 0 aliphatic heterocycles. The lowest BCUT2D eigenvalue weighted by Crippen LogP contribution is -2.16. The number of hydrogen-bond acceptors (Lipinski definition) is 7. The maximum Gasteiger partial charge on any atom is 0.255 e. The van der Waals surface area contributed by atoms with E-state index in [1.807, 2.05) is 12.1 Å². The number of amides is 1. The van der Waals surface area contributed by atoms with Crippen molar-refractivity contribution in [3.8, 4) is 16.9 Å². The lowest BCUT2D eigenvalue weighted by atomic mass is 10.0. The highest BCUT2D eigenvalue weighted by Crippen LogP contribution is 2.35. The fraction of sp³-hybridized carbons (Fsp3) is 0. The van der Waals surface area contributed by atoms with Crippen molar-refractivity contribution in [1.82, 2.24) is 10.3 Å². The van der Waals surface area contributed by atoms with Gasteiger partial charge in [0.15, 0.2) is 0 Å². The molecular formula is C25H17FN4O5S. The van der Waals surface area contributed by atoms with Gasteiger partial charge in [-0.3, -0.25) is 4.79 Å². The minimum atomic E-state index is -3.23. The summed E-state index contributed by atoms with van der Waals surface area (Å²) in [7, 11) is -3.23. The van der Waals surface area contributed by atoms with Gasteiger partial charge in [0.25, 0.3) is 5.91 Å². The van der Waals surface area contributed by atoms with Crippen LogP contribution in [0, 0.1) is 5.82 Å². The zero-order chi connectivity index (χ0) is 25.2. The van der Waals surface area contributed by atoms with Crippen molar-refractivity contribution in [2.24, 2.45) is 0 Å². The van der Waals surface area contributed by atoms with Gasteiger partial charge in [0.1, 0.15) is 28.3 Å². The van der Waals surface area contributed by atoms with Gasteiger partial charge in [0.05, 0.1) is 5.69 Å². The van der Waals surface area contributed by atoms with Gasteiger partial charge in [0.2, 0.25) is 10.9 Å². The van der Waals surface area contributed by atoms with Gasteiger partial charge >= 0.3 is 0 Å². The Labute approximate surface area is 205 Å². The van der Waals surface area contributed by atoms with Crippen molar-refractivity contribution in [2.75, 3.05) is 9.62 Å². The third-order valence-corrected chi connectivity index (χ3v) is 6.20. The van der Waals surface area contributed by atoms with Crippen LogP contribution in [0.1, 0.15) is 10.4 Å². The molecule has 0 unspecified atom stereocenters.